The fourth-order valence-corrected chi connectivity index (χ4v) is 7.61. The van der Waals surface area contributed by atoms with Gasteiger partial charge in [-0.25, -0.2) is 9.37 Å². The molecule has 46 heavy (non-hydrogen) atoms. The molecular formula is C36H40FN5O3S. The highest BCUT2D eigenvalue weighted by molar-refractivity contribution is 7.14. The van der Waals surface area contributed by atoms with Crippen molar-refractivity contribution in [3.8, 4) is 11.3 Å². The monoisotopic (exact) mass is 641 g/mol. The average Bonchev–Trinajstić information content (AvgIpc) is 3.50. The molecule has 0 spiro atoms. The Morgan fingerprint density at radius 2 is 1.85 bits per heavy atom. The molecule has 10 heteroatoms. The van der Waals surface area contributed by atoms with E-state index >= 15 is 0 Å². The number of Topliss-reactive ketones (excluding diaryl/α,β-unsaturated/α-hetero) is 1. The van der Waals surface area contributed by atoms with Gasteiger partial charge in [0.25, 0.3) is 5.56 Å². The highest BCUT2D eigenvalue weighted by Crippen LogP contribution is 2.31. The van der Waals surface area contributed by atoms with E-state index in [0.29, 0.717) is 61.3 Å². The quantitative estimate of drug-likeness (QED) is 0.160. The summed E-state index contributed by atoms with van der Waals surface area (Å²) in [6, 6.07) is 14.3. The Morgan fingerprint density at radius 1 is 1.07 bits per heavy atom. The largest absolute Gasteiger partial charge is 0.343 e. The maximum absolute atomic E-state index is 14.8. The molecule has 240 valence electrons. The van der Waals surface area contributed by atoms with Gasteiger partial charge in [-0.05, 0) is 105 Å². The summed E-state index contributed by atoms with van der Waals surface area (Å²) in [5, 5.41) is 6.46. The number of aryl methyl sites for hydroxylation is 4. The maximum atomic E-state index is 14.8. The molecule has 3 heterocycles. The van der Waals surface area contributed by atoms with E-state index in [-0.39, 0.29) is 28.9 Å². The number of unbranched alkanes of at least 4 members (excludes halogenated alkanes) is 1. The van der Waals surface area contributed by atoms with Crippen LogP contribution in [0.1, 0.15) is 70.3 Å². The Balaban J connectivity index is 1.12. The molecule has 0 saturated carbocycles. The predicted octanol–water partition coefficient (Wildman–Crippen LogP) is 6.14. The third-order valence-corrected chi connectivity index (χ3v) is 10.5. The SMILES string of the molecule is CN1CCNC(C)(c2ccc(Nc3nc(-c4ccc(F)c(CCCCC(=O)c5cc6c(s5)CCCC6)c4)cn(C)c3=O)cc2)C1=O. The van der Waals surface area contributed by atoms with Crippen molar-refractivity contribution >= 4 is 34.5 Å². The van der Waals surface area contributed by atoms with E-state index < -0.39 is 5.54 Å². The van der Waals surface area contributed by atoms with Crippen molar-refractivity contribution in [2.24, 2.45) is 7.05 Å². The van der Waals surface area contributed by atoms with Gasteiger partial charge in [0.05, 0.1) is 10.6 Å². The lowest BCUT2D eigenvalue weighted by molar-refractivity contribution is -0.139. The van der Waals surface area contributed by atoms with Crippen LogP contribution in [0.2, 0.25) is 0 Å². The lowest BCUT2D eigenvalue weighted by Crippen LogP contribution is -2.59. The van der Waals surface area contributed by atoms with Crippen LogP contribution in [0.4, 0.5) is 15.9 Å². The van der Waals surface area contributed by atoms with Crippen LogP contribution in [0.15, 0.2) is 59.5 Å². The van der Waals surface area contributed by atoms with Crippen LogP contribution in [-0.2, 0) is 36.6 Å². The number of halogens is 1. The van der Waals surface area contributed by atoms with Gasteiger partial charge in [-0.2, -0.15) is 0 Å². The van der Waals surface area contributed by atoms with Crippen molar-refractivity contribution in [3.05, 3.63) is 97.3 Å². The van der Waals surface area contributed by atoms with Gasteiger partial charge >= 0.3 is 0 Å². The van der Waals surface area contributed by atoms with Gasteiger partial charge in [0.2, 0.25) is 5.91 Å². The summed E-state index contributed by atoms with van der Waals surface area (Å²) in [4.78, 5) is 47.2. The summed E-state index contributed by atoms with van der Waals surface area (Å²) in [6.45, 7) is 3.24. The molecule has 2 aromatic heterocycles. The number of likely N-dealkylation sites (N-methyl/N-ethyl adjacent to an activating group) is 1. The van der Waals surface area contributed by atoms with Gasteiger partial charge in [0.15, 0.2) is 11.6 Å². The molecule has 1 atom stereocenters. The summed E-state index contributed by atoms with van der Waals surface area (Å²) >= 11 is 1.65. The van der Waals surface area contributed by atoms with Crippen molar-refractivity contribution in [1.29, 1.82) is 0 Å². The number of piperazine rings is 1. The Hall–Kier alpha value is -4.15. The molecule has 1 aliphatic carbocycles. The summed E-state index contributed by atoms with van der Waals surface area (Å²) in [5.41, 5.74) is 3.50. The zero-order valence-electron chi connectivity index (χ0n) is 26.6. The van der Waals surface area contributed by atoms with E-state index in [0.717, 1.165) is 23.3 Å². The van der Waals surface area contributed by atoms with Gasteiger partial charge < -0.3 is 14.8 Å². The molecule has 2 N–H and O–H groups in total. The first-order chi connectivity index (χ1) is 22.1. The number of nitrogens with zero attached hydrogens (tertiary/aromatic N) is 3. The van der Waals surface area contributed by atoms with Crippen molar-refractivity contribution < 1.29 is 14.0 Å². The molecule has 4 aromatic rings. The van der Waals surface area contributed by atoms with Crippen LogP contribution in [-0.4, -0.2) is 46.3 Å². The Bertz CT molecular complexity index is 1810. The number of aromatic nitrogens is 2. The number of benzene rings is 2. The minimum absolute atomic E-state index is 0.00582. The molecule has 6 rings (SSSR count). The third kappa shape index (κ3) is 6.55. The van der Waals surface area contributed by atoms with E-state index in [9.17, 15) is 18.8 Å². The molecule has 8 nitrogen and oxygen atoms in total. The zero-order chi connectivity index (χ0) is 32.4. The van der Waals surface area contributed by atoms with E-state index in [1.807, 2.05) is 31.2 Å². The number of carbonyl (C=O) groups is 2. The molecule has 1 aliphatic heterocycles. The molecular weight excluding hydrogens is 601 g/mol. The van der Waals surface area contributed by atoms with Crippen LogP contribution in [0.3, 0.4) is 0 Å². The first-order valence-electron chi connectivity index (χ1n) is 16.0. The molecule has 0 radical (unpaired) electrons. The van der Waals surface area contributed by atoms with E-state index in [2.05, 4.69) is 21.7 Å². The summed E-state index contributed by atoms with van der Waals surface area (Å²) in [6.07, 6.45) is 8.54. The number of hydrogen-bond donors (Lipinski definition) is 2. The van der Waals surface area contributed by atoms with Crippen LogP contribution in [0.25, 0.3) is 11.3 Å². The Labute approximate surface area is 272 Å². The van der Waals surface area contributed by atoms with E-state index in [4.69, 9.17) is 0 Å². The highest BCUT2D eigenvalue weighted by Gasteiger charge is 2.39. The average molecular weight is 642 g/mol. The highest BCUT2D eigenvalue weighted by atomic mass is 32.1. The van der Waals surface area contributed by atoms with Crippen LogP contribution in [0.5, 0.6) is 0 Å². The number of rotatable bonds is 10. The first kappa shape index (κ1) is 31.8. The smallest absolute Gasteiger partial charge is 0.293 e. The Kier molecular flexibility index (Phi) is 9.20. The summed E-state index contributed by atoms with van der Waals surface area (Å²) in [7, 11) is 3.46. The van der Waals surface area contributed by atoms with E-state index in [1.165, 1.54) is 33.9 Å². The lowest BCUT2D eigenvalue weighted by atomic mass is 9.88. The molecule has 2 aliphatic rings. The molecule has 0 bridgehead atoms. The second kappa shape index (κ2) is 13.3. The molecule has 1 fully saturated rings. The molecule has 2 aromatic carbocycles. The fraction of sp³-hybridized carbons (Fsp3) is 0.389. The Morgan fingerprint density at radius 3 is 2.63 bits per heavy atom. The zero-order valence-corrected chi connectivity index (χ0v) is 27.4. The van der Waals surface area contributed by atoms with Gasteiger partial charge in [-0.1, -0.05) is 12.1 Å². The molecule has 1 unspecified atom stereocenters. The van der Waals surface area contributed by atoms with Gasteiger partial charge in [0.1, 0.15) is 11.4 Å². The van der Waals surface area contributed by atoms with Crippen LogP contribution < -0.4 is 16.2 Å². The molecule has 1 saturated heterocycles. The normalized spacial score (nSPS) is 18.0. The number of nitrogens with one attached hydrogen (secondary N) is 2. The van der Waals surface area contributed by atoms with Gasteiger partial charge in [0, 0.05) is 55.9 Å². The minimum Gasteiger partial charge on any atom is -0.343 e. The van der Waals surface area contributed by atoms with Crippen molar-refractivity contribution in [2.45, 2.75) is 63.8 Å². The number of ketones is 1. The standard InChI is InChI=1S/C36H40FN5O3S/c1-36(35(45)41(2)19-18-38-36)26-13-15-27(16-14-26)39-33-34(44)42(3)22-29(40-33)24-12-17-28(37)23(20-24)8-4-6-10-30(43)32-21-25-9-5-7-11-31(25)46-32/h12-17,20-22,38H,4-11,18-19H2,1-3H3,(H,39,40). The number of hydrogen-bond acceptors (Lipinski definition) is 7. The second-order valence-electron chi connectivity index (χ2n) is 12.6. The summed E-state index contributed by atoms with van der Waals surface area (Å²) < 4.78 is 16.3. The second-order valence-corrected chi connectivity index (χ2v) is 13.7. The third-order valence-electron chi connectivity index (χ3n) is 9.21. The predicted molar refractivity (Wildman–Crippen MR) is 180 cm³/mol. The number of fused-ring (bicyclic) bond motifs is 1. The minimum atomic E-state index is -0.820. The fourth-order valence-electron chi connectivity index (χ4n) is 6.39. The number of amides is 1. The first-order valence-corrected chi connectivity index (χ1v) is 16.8. The van der Waals surface area contributed by atoms with Crippen molar-refractivity contribution in [2.75, 3.05) is 25.5 Å². The number of thiophene rings is 1. The van der Waals surface area contributed by atoms with Crippen molar-refractivity contribution in [1.82, 2.24) is 19.8 Å². The van der Waals surface area contributed by atoms with Crippen LogP contribution in [0, 0.1) is 5.82 Å². The lowest BCUT2D eigenvalue weighted by Gasteiger charge is -2.39. The van der Waals surface area contributed by atoms with Gasteiger partial charge in [-0.3, -0.25) is 19.7 Å². The van der Waals surface area contributed by atoms with Crippen LogP contribution >= 0.6 is 11.3 Å². The van der Waals surface area contributed by atoms with E-state index in [1.54, 1.807) is 48.7 Å². The number of carbonyl (C=O) groups excluding carboxylic acids is 2. The topological polar surface area (TPSA) is 96.3 Å². The maximum Gasteiger partial charge on any atom is 0.293 e. The summed E-state index contributed by atoms with van der Waals surface area (Å²) in [5.74, 6) is 0.0326. The number of anilines is 2. The molecule has 1 amide bonds. The van der Waals surface area contributed by atoms with Gasteiger partial charge in [-0.15, -0.1) is 11.3 Å². The van der Waals surface area contributed by atoms with Crippen molar-refractivity contribution in [3.63, 3.8) is 0 Å².